The zero-order valence-electron chi connectivity index (χ0n) is 10.0. The number of aliphatic carboxylic acids is 1. The highest BCUT2D eigenvalue weighted by Crippen LogP contribution is 2.67. The molecule has 0 saturated heterocycles. The van der Waals surface area contributed by atoms with E-state index in [1.165, 1.54) is 0 Å². The lowest BCUT2D eigenvalue weighted by Gasteiger charge is -2.28. The van der Waals surface area contributed by atoms with E-state index in [4.69, 9.17) is 29.6 Å². The monoisotopic (exact) mass is 364 g/mol. The molecule has 0 fully saturated rings. The Balaban J connectivity index is 4.69. The van der Waals surface area contributed by atoms with Gasteiger partial charge in [-0.1, -0.05) is 0 Å². The molecule has 0 amide bonds. The number of rotatable bonds is 8. The normalized spacial score (nSPS) is 16.6. The lowest BCUT2D eigenvalue weighted by atomic mass is 9.95. The van der Waals surface area contributed by atoms with Gasteiger partial charge in [-0.2, -0.15) is 42.2 Å². The summed E-state index contributed by atoms with van der Waals surface area (Å²) in [6, 6.07) is 0. The summed E-state index contributed by atoms with van der Waals surface area (Å²) in [5.74, 6) is -1.97. The van der Waals surface area contributed by atoms with E-state index in [0.29, 0.717) is 0 Å². The summed E-state index contributed by atoms with van der Waals surface area (Å²) in [4.78, 5) is 53.3. The minimum absolute atomic E-state index is 1.26. The maximum Gasteiger partial charge on any atom is 0.620 e. The second-order valence-electron chi connectivity index (χ2n) is 3.77. The lowest BCUT2D eigenvalue weighted by molar-refractivity contribution is -0.266. The van der Waals surface area contributed by atoms with Gasteiger partial charge in [0.25, 0.3) is 0 Å². The van der Waals surface area contributed by atoms with Crippen molar-refractivity contribution in [3.05, 3.63) is 0 Å². The van der Waals surface area contributed by atoms with Crippen LogP contribution in [0.15, 0.2) is 0 Å². The summed E-state index contributed by atoms with van der Waals surface area (Å²) in [5, 5.41) is 17.5. The summed E-state index contributed by atoms with van der Waals surface area (Å²) < 4.78 is 45.1. The zero-order valence-corrected chi connectivity index (χ0v) is 11.8. The van der Waals surface area contributed by atoms with Crippen molar-refractivity contribution in [1.29, 1.82) is 0 Å². The Morgan fingerprint density at radius 3 is 1.90 bits per heavy atom. The van der Waals surface area contributed by atoms with Crippen LogP contribution in [0.2, 0.25) is 0 Å². The Morgan fingerprint density at radius 1 is 1.10 bits per heavy atom. The molecular formula is C6H13F3O10P2+2. The average Bonchev–Trinajstić information content (AvgIpc) is 2.09. The van der Waals surface area contributed by atoms with Crippen LogP contribution in [0.4, 0.5) is 13.2 Å². The number of alkyl halides is 3. The third-order valence-corrected chi connectivity index (χ3v) is 4.21. The first kappa shape index (κ1) is 20.8. The molecule has 0 aromatic heterocycles. The molecule has 0 aliphatic carbocycles. The van der Waals surface area contributed by atoms with E-state index in [9.17, 15) is 23.1 Å². The minimum atomic E-state index is -5.34. The second-order valence-corrected chi connectivity index (χ2v) is 6.69. The first-order valence-corrected chi connectivity index (χ1v) is 7.96. The molecule has 126 valence electrons. The summed E-state index contributed by atoms with van der Waals surface area (Å²) in [5.41, 5.74) is -3.71. The molecule has 0 aromatic rings. The van der Waals surface area contributed by atoms with E-state index in [1.807, 2.05) is 0 Å². The van der Waals surface area contributed by atoms with E-state index in [-0.39, 0.29) is 0 Å². The van der Waals surface area contributed by atoms with Gasteiger partial charge in [-0.15, -0.1) is 0 Å². The number of halogens is 3. The molecule has 0 saturated carbocycles. The molecule has 0 aromatic carbocycles. The Bertz CT molecular complexity index is 369. The fraction of sp³-hybridized carbons (Fsp3) is 0.833. The van der Waals surface area contributed by atoms with Gasteiger partial charge in [-0.25, -0.2) is 0 Å². The fourth-order valence-electron chi connectivity index (χ4n) is 1.08. The summed E-state index contributed by atoms with van der Waals surface area (Å²) in [6.07, 6.45) is -8.48. The van der Waals surface area contributed by atoms with Crippen LogP contribution in [0, 0.1) is 0 Å². The number of aliphatic hydroxyl groups is 1. The van der Waals surface area contributed by atoms with Crippen molar-refractivity contribution in [3.63, 3.8) is 0 Å². The predicted octanol–water partition coefficient (Wildman–Crippen LogP) is -0.506. The smallest absolute Gasteiger partial charge is 0.481 e. The molecule has 1 unspecified atom stereocenters. The molecule has 0 aliphatic heterocycles. The first-order chi connectivity index (χ1) is 9.08. The number of carboxylic acid groups (broad SMARTS) is 1. The molecule has 10 nitrogen and oxygen atoms in total. The van der Waals surface area contributed by atoms with Crippen LogP contribution in [0.3, 0.4) is 0 Å². The highest BCUT2D eigenvalue weighted by atomic mass is 31.3. The zero-order chi connectivity index (χ0) is 17.1. The molecule has 0 heterocycles. The van der Waals surface area contributed by atoms with Crippen molar-refractivity contribution in [3.8, 4) is 0 Å². The van der Waals surface area contributed by atoms with Crippen molar-refractivity contribution in [1.82, 2.24) is 0 Å². The first-order valence-electron chi connectivity index (χ1n) is 4.87. The van der Waals surface area contributed by atoms with Gasteiger partial charge in [-0.05, 0) is 0 Å². The van der Waals surface area contributed by atoms with E-state index < -0.39 is 53.5 Å². The fourth-order valence-corrected chi connectivity index (χ4v) is 2.74. The van der Waals surface area contributed by atoms with Gasteiger partial charge in [0.15, 0.2) is 5.60 Å². The van der Waals surface area contributed by atoms with E-state index in [1.54, 1.807) is 0 Å². The van der Waals surface area contributed by atoms with Crippen molar-refractivity contribution >= 4 is 22.3 Å². The van der Waals surface area contributed by atoms with Gasteiger partial charge in [0.1, 0.15) is 6.61 Å². The van der Waals surface area contributed by atoms with Gasteiger partial charge in [0.05, 0.1) is 10.7 Å². The Kier molecular flexibility index (Phi) is 6.85. The van der Waals surface area contributed by atoms with Crippen LogP contribution in [-0.4, -0.2) is 59.0 Å². The molecular weight excluding hydrogens is 351 g/mol. The number of hydrogen-bond acceptors (Lipinski definition) is 9. The molecule has 7 N–H and O–H groups in total. The van der Waals surface area contributed by atoms with Crippen molar-refractivity contribution in [2.75, 3.05) is 6.61 Å². The molecule has 15 heteroatoms. The van der Waals surface area contributed by atoms with E-state index >= 15 is 0 Å². The molecule has 21 heavy (non-hydrogen) atoms. The Morgan fingerprint density at radius 2 is 1.57 bits per heavy atom. The van der Waals surface area contributed by atoms with E-state index in [0.717, 1.165) is 0 Å². The Labute approximate surface area is 116 Å². The summed E-state index contributed by atoms with van der Waals surface area (Å²) >= 11 is 0. The van der Waals surface area contributed by atoms with Gasteiger partial charge >= 0.3 is 28.5 Å². The van der Waals surface area contributed by atoms with Crippen LogP contribution >= 0.6 is 16.3 Å². The largest absolute Gasteiger partial charge is 0.620 e. The molecule has 0 rings (SSSR count). The van der Waals surface area contributed by atoms with Gasteiger partial charge in [-0.3, -0.25) is 4.79 Å². The average molecular weight is 364 g/mol. The quantitative estimate of drug-likeness (QED) is 0.278. The van der Waals surface area contributed by atoms with Crippen LogP contribution < -0.4 is 0 Å². The van der Waals surface area contributed by atoms with Gasteiger partial charge in [0, 0.05) is 6.42 Å². The molecule has 0 radical (unpaired) electrons. The van der Waals surface area contributed by atoms with Crippen molar-refractivity contribution < 1.29 is 61.5 Å². The number of carbonyl (C=O) groups is 1. The van der Waals surface area contributed by atoms with Crippen molar-refractivity contribution in [2.45, 2.75) is 24.6 Å². The molecule has 0 aliphatic rings. The molecule has 0 spiro atoms. The van der Waals surface area contributed by atoms with Crippen molar-refractivity contribution in [2.24, 2.45) is 0 Å². The van der Waals surface area contributed by atoms with Crippen LogP contribution in [-0.2, 0) is 13.6 Å². The number of hydrogen-bond donors (Lipinski definition) is 7. The van der Waals surface area contributed by atoms with Crippen LogP contribution in [0.25, 0.3) is 0 Å². The van der Waals surface area contributed by atoms with Gasteiger partial charge in [0.2, 0.25) is 0 Å². The highest BCUT2D eigenvalue weighted by Gasteiger charge is 2.59. The lowest BCUT2D eigenvalue weighted by Crippen LogP contribution is -2.47. The third-order valence-electron chi connectivity index (χ3n) is 1.96. The third kappa shape index (κ3) is 8.12. The standard InChI is InChI=1S/C6H12F3O10P2/c7-6(8,9)5(12,3-4(10)11)1-2-18-21(16,17)19-20(13,14)15/h12-17H,1-3H2/q+1/p+1. The summed E-state index contributed by atoms with van der Waals surface area (Å²) in [7, 11) is -10.2. The number of carboxylic acids is 1. The SMILES string of the molecule is O=C(O)CC(O)(CCO[P+](O)(O)O[P+](O)(O)O)C(F)(F)F. The minimum Gasteiger partial charge on any atom is -0.481 e. The van der Waals surface area contributed by atoms with Gasteiger partial charge < -0.3 is 10.2 Å². The van der Waals surface area contributed by atoms with Crippen LogP contribution in [0.1, 0.15) is 12.8 Å². The van der Waals surface area contributed by atoms with Crippen LogP contribution in [0.5, 0.6) is 0 Å². The Hall–Kier alpha value is -0.200. The highest BCUT2D eigenvalue weighted by molar-refractivity contribution is 7.67. The summed E-state index contributed by atoms with van der Waals surface area (Å²) in [6.45, 7) is -1.26. The predicted molar refractivity (Wildman–Crippen MR) is 59.8 cm³/mol. The molecule has 1 atom stereocenters. The maximum absolute atomic E-state index is 12.5. The molecule has 0 bridgehead atoms. The maximum atomic E-state index is 12.5. The topological polar surface area (TPSA) is 177 Å². The second kappa shape index (κ2) is 6.92. The van der Waals surface area contributed by atoms with E-state index in [2.05, 4.69) is 8.83 Å².